The zero-order chi connectivity index (χ0) is 39.7. The number of para-hydroxylation sites is 2. The molecule has 9 heteroatoms. The molecule has 0 unspecified atom stereocenters. The first-order valence-corrected chi connectivity index (χ1v) is 19.7. The SMILES string of the molecule is Cc1c(C(=O)N(C)c2ccccc2)cc(-c2cc3c(cc2C(=O)N2Cc4ccccc4C[C@H]2C)CN(C(=O)Cc2ccccc2N(C)CCN(C)C)CC3)n1C. The smallest absolute Gasteiger partial charge is 0.259 e. The van der Waals surface area contributed by atoms with Gasteiger partial charge in [0.1, 0.15) is 0 Å². The zero-order valence-electron chi connectivity index (χ0n) is 33.9. The zero-order valence-corrected chi connectivity index (χ0v) is 33.9. The normalized spacial score (nSPS) is 15.0. The fourth-order valence-electron chi connectivity index (χ4n) is 8.22. The molecule has 9 nitrogen and oxygen atoms in total. The number of likely N-dealkylation sites (N-methyl/N-ethyl adjacent to an activating group) is 2. The average Bonchev–Trinajstić information content (AvgIpc) is 3.51. The van der Waals surface area contributed by atoms with Crippen molar-refractivity contribution in [1.82, 2.24) is 19.3 Å². The Hall–Kier alpha value is -5.67. The van der Waals surface area contributed by atoms with Gasteiger partial charge < -0.3 is 29.1 Å². The third-order valence-corrected chi connectivity index (χ3v) is 11.8. The van der Waals surface area contributed by atoms with Crippen LogP contribution in [0.3, 0.4) is 0 Å². The molecule has 0 aliphatic carbocycles. The lowest BCUT2D eigenvalue weighted by Gasteiger charge is -2.36. The Morgan fingerprint density at radius 1 is 0.750 bits per heavy atom. The molecule has 1 aromatic heterocycles. The van der Waals surface area contributed by atoms with Crippen LogP contribution in [0.1, 0.15) is 61.2 Å². The Labute approximate surface area is 331 Å². The first kappa shape index (κ1) is 38.6. The van der Waals surface area contributed by atoms with Crippen molar-refractivity contribution in [1.29, 1.82) is 0 Å². The van der Waals surface area contributed by atoms with E-state index < -0.39 is 0 Å². The third-order valence-electron chi connectivity index (χ3n) is 11.8. The number of rotatable bonds is 10. The number of anilines is 2. The third kappa shape index (κ3) is 7.73. The van der Waals surface area contributed by atoms with Crippen LogP contribution in [-0.2, 0) is 44.2 Å². The van der Waals surface area contributed by atoms with Crippen LogP contribution in [0.2, 0.25) is 0 Å². The van der Waals surface area contributed by atoms with E-state index in [1.165, 1.54) is 5.56 Å². The fourth-order valence-corrected chi connectivity index (χ4v) is 8.22. The van der Waals surface area contributed by atoms with Crippen molar-refractivity contribution >= 4 is 29.1 Å². The Balaban J connectivity index is 1.23. The van der Waals surface area contributed by atoms with E-state index in [2.05, 4.69) is 74.3 Å². The van der Waals surface area contributed by atoms with Gasteiger partial charge in [-0.3, -0.25) is 14.4 Å². The molecule has 0 saturated heterocycles. The molecule has 0 radical (unpaired) electrons. The second-order valence-corrected chi connectivity index (χ2v) is 15.8. The summed E-state index contributed by atoms with van der Waals surface area (Å²) in [6.07, 6.45) is 1.76. The highest BCUT2D eigenvalue weighted by Crippen LogP contribution is 2.36. The van der Waals surface area contributed by atoms with Crippen LogP contribution >= 0.6 is 0 Å². The summed E-state index contributed by atoms with van der Waals surface area (Å²) in [4.78, 5) is 52.9. The summed E-state index contributed by atoms with van der Waals surface area (Å²) in [7, 11) is 9.97. The number of carbonyl (C=O) groups is 3. The van der Waals surface area contributed by atoms with Gasteiger partial charge in [-0.2, -0.15) is 0 Å². The molecular formula is C47H54N6O3. The molecule has 0 bridgehead atoms. The summed E-state index contributed by atoms with van der Waals surface area (Å²) in [5.74, 6) is -0.0792. The maximum absolute atomic E-state index is 14.9. The van der Waals surface area contributed by atoms with Crippen molar-refractivity contribution in [3.05, 3.63) is 142 Å². The predicted octanol–water partition coefficient (Wildman–Crippen LogP) is 6.99. The van der Waals surface area contributed by atoms with Crippen molar-refractivity contribution in [2.45, 2.75) is 52.2 Å². The monoisotopic (exact) mass is 750 g/mol. The Morgan fingerprint density at radius 3 is 2.20 bits per heavy atom. The van der Waals surface area contributed by atoms with E-state index in [1.54, 1.807) is 11.9 Å². The van der Waals surface area contributed by atoms with Gasteiger partial charge in [-0.1, -0.05) is 60.7 Å². The van der Waals surface area contributed by atoms with Crippen LogP contribution in [0.15, 0.2) is 97.1 Å². The average molecular weight is 751 g/mol. The lowest BCUT2D eigenvalue weighted by atomic mass is 9.89. The summed E-state index contributed by atoms with van der Waals surface area (Å²) < 4.78 is 2.03. The fraction of sp³-hybridized carbons (Fsp3) is 0.340. The summed E-state index contributed by atoms with van der Waals surface area (Å²) in [5.41, 5.74) is 11.1. The lowest BCUT2D eigenvalue weighted by Crippen LogP contribution is -2.43. The number of hydrogen-bond acceptors (Lipinski definition) is 5. The molecule has 7 rings (SSSR count). The van der Waals surface area contributed by atoms with Crippen molar-refractivity contribution < 1.29 is 14.4 Å². The number of aromatic nitrogens is 1. The Bertz CT molecular complexity index is 2260. The second-order valence-electron chi connectivity index (χ2n) is 15.8. The number of benzene rings is 4. The van der Waals surface area contributed by atoms with Gasteiger partial charge in [0.2, 0.25) is 5.91 Å². The largest absolute Gasteiger partial charge is 0.373 e. The van der Waals surface area contributed by atoms with Crippen molar-refractivity contribution in [2.24, 2.45) is 7.05 Å². The van der Waals surface area contributed by atoms with E-state index >= 15 is 0 Å². The lowest BCUT2D eigenvalue weighted by molar-refractivity contribution is -0.131. The van der Waals surface area contributed by atoms with E-state index in [0.717, 1.165) is 70.1 Å². The van der Waals surface area contributed by atoms with Crippen LogP contribution in [-0.4, -0.2) is 90.9 Å². The highest BCUT2D eigenvalue weighted by molar-refractivity contribution is 6.08. The van der Waals surface area contributed by atoms with E-state index in [9.17, 15) is 14.4 Å². The summed E-state index contributed by atoms with van der Waals surface area (Å²) in [6.45, 7) is 7.40. The molecule has 0 fully saturated rings. The number of nitrogens with zero attached hydrogens (tertiary/aromatic N) is 6. The highest BCUT2D eigenvalue weighted by Gasteiger charge is 2.32. The minimum Gasteiger partial charge on any atom is -0.373 e. The minimum atomic E-state index is -0.109. The van der Waals surface area contributed by atoms with Gasteiger partial charge >= 0.3 is 0 Å². The molecule has 4 aromatic carbocycles. The molecule has 290 valence electrons. The molecule has 2 aliphatic heterocycles. The van der Waals surface area contributed by atoms with Crippen molar-refractivity contribution in [2.75, 3.05) is 57.6 Å². The highest BCUT2D eigenvalue weighted by atomic mass is 16.2. The minimum absolute atomic E-state index is 0.00194. The molecule has 0 saturated carbocycles. The van der Waals surface area contributed by atoms with Crippen LogP contribution < -0.4 is 9.80 Å². The van der Waals surface area contributed by atoms with Gasteiger partial charge in [0.15, 0.2) is 0 Å². The number of amides is 3. The van der Waals surface area contributed by atoms with E-state index in [-0.39, 0.29) is 23.8 Å². The standard InChI is InChI=1S/C47H54N6O3/c1-32-25-34-15-11-12-17-37(34)31-53(32)47(56)42-27-38-30-52(45(54)28-36-16-13-14-20-43(36)49(5)24-23-48(3)4)22-21-35(38)26-41(42)44-29-40(33(2)50(44)6)46(55)51(7)39-18-9-8-10-19-39/h8-20,26-27,29,32H,21-25,28,30-31H2,1-7H3/t32-/m1/s1. The Morgan fingerprint density at radius 2 is 1.45 bits per heavy atom. The van der Waals surface area contributed by atoms with Gasteiger partial charge in [-0.25, -0.2) is 0 Å². The van der Waals surface area contributed by atoms with Crippen LogP contribution in [0, 0.1) is 6.92 Å². The van der Waals surface area contributed by atoms with Crippen molar-refractivity contribution in [3.8, 4) is 11.3 Å². The predicted molar refractivity (Wildman–Crippen MR) is 225 cm³/mol. The van der Waals surface area contributed by atoms with E-state index in [0.29, 0.717) is 43.6 Å². The molecule has 0 spiro atoms. The van der Waals surface area contributed by atoms with E-state index in [4.69, 9.17) is 0 Å². The number of fused-ring (bicyclic) bond motifs is 2. The molecule has 0 N–H and O–H groups in total. The molecule has 1 atom stereocenters. The maximum atomic E-state index is 14.9. The van der Waals surface area contributed by atoms with E-state index in [1.807, 2.05) is 89.0 Å². The second kappa shape index (κ2) is 16.2. The summed E-state index contributed by atoms with van der Waals surface area (Å²) in [5, 5.41) is 0. The first-order chi connectivity index (χ1) is 26.9. The quantitative estimate of drug-likeness (QED) is 0.154. The van der Waals surface area contributed by atoms with Gasteiger partial charge in [0.25, 0.3) is 11.8 Å². The molecular weight excluding hydrogens is 697 g/mol. The number of hydrogen-bond donors (Lipinski definition) is 0. The molecule has 3 heterocycles. The first-order valence-electron chi connectivity index (χ1n) is 19.7. The van der Waals surface area contributed by atoms with Crippen LogP contribution in [0.4, 0.5) is 11.4 Å². The summed E-state index contributed by atoms with van der Waals surface area (Å²) in [6, 6.07) is 32.3. The van der Waals surface area contributed by atoms with Gasteiger partial charge in [0, 0.05) is 93.8 Å². The topological polar surface area (TPSA) is 72.3 Å². The van der Waals surface area contributed by atoms with Gasteiger partial charge in [-0.05, 0) is 105 Å². The number of carbonyl (C=O) groups excluding carboxylic acids is 3. The molecule has 5 aromatic rings. The molecule has 2 aliphatic rings. The maximum Gasteiger partial charge on any atom is 0.259 e. The van der Waals surface area contributed by atoms with Crippen molar-refractivity contribution in [3.63, 3.8) is 0 Å². The van der Waals surface area contributed by atoms with Crippen LogP contribution in [0.5, 0.6) is 0 Å². The Kier molecular flexibility index (Phi) is 11.2. The molecule has 3 amide bonds. The van der Waals surface area contributed by atoms with Crippen LogP contribution in [0.25, 0.3) is 11.3 Å². The van der Waals surface area contributed by atoms with Gasteiger partial charge in [0.05, 0.1) is 12.0 Å². The molecule has 56 heavy (non-hydrogen) atoms. The van der Waals surface area contributed by atoms with Gasteiger partial charge in [-0.15, -0.1) is 0 Å². The summed E-state index contributed by atoms with van der Waals surface area (Å²) >= 11 is 0.